The Morgan fingerprint density at radius 1 is 1.07 bits per heavy atom. The van der Waals surface area contributed by atoms with E-state index in [0.717, 1.165) is 6.54 Å². The molecule has 1 aliphatic rings. The van der Waals surface area contributed by atoms with Crippen LogP contribution in [-0.4, -0.2) is 34.2 Å². The summed E-state index contributed by atoms with van der Waals surface area (Å²) in [6.07, 6.45) is 3.80. The van der Waals surface area contributed by atoms with Gasteiger partial charge in [-0.1, -0.05) is 0 Å². The topological polar surface area (TPSA) is 23.5 Å². The predicted molar refractivity (Wildman–Crippen MR) is 66.1 cm³/mol. The quantitative estimate of drug-likeness (QED) is 0.830. The van der Waals surface area contributed by atoms with Crippen LogP contribution in [0.3, 0.4) is 0 Å². The van der Waals surface area contributed by atoms with E-state index in [1.807, 2.05) is 0 Å². The Bertz CT molecular complexity index is 164. The van der Waals surface area contributed by atoms with Crippen LogP contribution in [0.25, 0.3) is 0 Å². The summed E-state index contributed by atoms with van der Waals surface area (Å²) in [6, 6.07) is 0. The standard InChI is InChI=1S/C11H23NO.BrH/c1-10(2)6-5-7-11(3,4)12(10)8-9-13;/h13H,5-9H2,1-4H3;1H. The Morgan fingerprint density at radius 3 is 1.86 bits per heavy atom. The number of rotatable bonds is 2. The molecule has 0 aliphatic carbocycles. The SMILES string of the molecule is Br.CC1(C)CCCC(C)(C)N1CCO. The minimum atomic E-state index is 0. The second-order valence-electron chi connectivity index (χ2n) is 5.35. The van der Waals surface area contributed by atoms with Gasteiger partial charge in [-0.05, 0) is 47.0 Å². The highest BCUT2D eigenvalue weighted by molar-refractivity contribution is 8.93. The van der Waals surface area contributed by atoms with E-state index in [0.29, 0.717) is 0 Å². The van der Waals surface area contributed by atoms with Crippen LogP contribution in [0.1, 0.15) is 47.0 Å². The number of aliphatic hydroxyl groups is 1. The van der Waals surface area contributed by atoms with Crippen LogP contribution in [0, 0.1) is 0 Å². The monoisotopic (exact) mass is 265 g/mol. The Kier molecular flexibility index (Phi) is 5.09. The molecule has 1 rings (SSSR count). The van der Waals surface area contributed by atoms with Crippen LogP contribution in [-0.2, 0) is 0 Å². The minimum absolute atomic E-state index is 0. The van der Waals surface area contributed by atoms with E-state index in [-0.39, 0.29) is 34.7 Å². The molecule has 0 aromatic heterocycles. The van der Waals surface area contributed by atoms with Crippen LogP contribution in [0.15, 0.2) is 0 Å². The Labute approximate surface area is 98.4 Å². The summed E-state index contributed by atoms with van der Waals surface area (Å²) in [7, 11) is 0. The normalized spacial score (nSPS) is 25.5. The number of aliphatic hydroxyl groups excluding tert-OH is 1. The molecule has 0 radical (unpaired) electrons. The molecule has 3 heteroatoms. The van der Waals surface area contributed by atoms with Crippen molar-refractivity contribution in [3.05, 3.63) is 0 Å². The number of halogens is 1. The van der Waals surface area contributed by atoms with Crippen LogP contribution < -0.4 is 0 Å². The first-order valence-corrected chi connectivity index (χ1v) is 5.29. The molecule has 86 valence electrons. The van der Waals surface area contributed by atoms with Gasteiger partial charge in [0.15, 0.2) is 0 Å². The average Bonchev–Trinajstić information content (AvgIpc) is 1.96. The second kappa shape index (κ2) is 4.95. The van der Waals surface area contributed by atoms with Crippen molar-refractivity contribution in [1.82, 2.24) is 4.90 Å². The summed E-state index contributed by atoms with van der Waals surface area (Å²) < 4.78 is 0. The van der Waals surface area contributed by atoms with Gasteiger partial charge in [-0.3, -0.25) is 4.90 Å². The molecule has 0 saturated carbocycles. The molecule has 14 heavy (non-hydrogen) atoms. The van der Waals surface area contributed by atoms with Crippen molar-refractivity contribution in [2.75, 3.05) is 13.2 Å². The average molecular weight is 266 g/mol. The lowest BCUT2D eigenvalue weighted by Gasteiger charge is -2.52. The first-order chi connectivity index (χ1) is 5.90. The van der Waals surface area contributed by atoms with Gasteiger partial charge in [0, 0.05) is 17.6 Å². The van der Waals surface area contributed by atoms with Gasteiger partial charge >= 0.3 is 0 Å². The molecule has 1 aliphatic heterocycles. The highest BCUT2D eigenvalue weighted by Gasteiger charge is 2.40. The molecular weight excluding hydrogens is 242 g/mol. The van der Waals surface area contributed by atoms with Gasteiger partial charge < -0.3 is 5.11 Å². The van der Waals surface area contributed by atoms with Gasteiger partial charge in [-0.15, -0.1) is 17.0 Å². The lowest BCUT2D eigenvalue weighted by molar-refractivity contribution is -0.0361. The summed E-state index contributed by atoms with van der Waals surface area (Å²) in [5.41, 5.74) is 0.509. The Morgan fingerprint density at radius 2 is 1.50 bits per heavy atom. The summed E-state index contributed by atoms with van der Waals surface area (Å²) in [6.45, 7) is 10.2. The number of β-amino-alcohol motifs (C(OH)–C–C–N with tert-alkyl or cyclic N) is 1. The molecule has 0 bridgehead atoms. The van der Waals surface area contributed by atoms with Crippen molar-refractivity contribution in [3.8, 4) is 0 Å². The van der Waals surface area contributed by atoms with Crippen molar-refractivity contribution in [3.63, 3.8) is 0 Å². The fraction of sp³-hybridized carbons (Fsp3) is 1.00. The lowest BCUT2D eigenvalue weighted by atomic mass is 9.80. The Balaban J connectivity index is 0.00000169. The largest absolute Gasteiger partial charge is 0.395 e. The molecule has 0 amide bonds. The zero-order chi connectivity index (χ0) is 10.1. The predicted octanol–water partition coefficient (Wildman–Crippen LogP) is 2.60. The Hall–Kier alpha value is 0.400. The highest BCUT2D eigenvalue weighted by Crippen LogP contribution is 2.37. The first-order valence-electron chi connectivity index (χ1n) is 5.29. The zero-order valence-corrected chi connectivity index (χ0v) is 11.6. The van der Waals surface area contributed by atoms with E-state index >= 15 is 0 Å². The molecule has 1 N–H and O–H groups in total. The third-order valence-electron chi connectivity index (χ3n) is 3.36. The number of piperidine rings is 1. The molecule has 0 unspecified atom stereocenters. The van der Waals surface area contributed by atoms with Crippen molar-refractivity contribution in [1.29, 1.82) is 0 Å². The van der Waals surface area contributed by atoms with Crippen molar-refractivity contribution < 1.29 is 5.11 Å². The molecule has 0 aromatic carbocycles. The van der Waals surface area contributed by atoms with E-state index in [1.165, 1.54) is 19.3 Å². The zero-order valence-electron chi connectivity index (χ0n) is 9.84. The van der Waals surface area contributed by atoms with Gasteiger partial charge in [0.2, 0.25) is 0 Å². The van der Waals surface area contributed by atoms with Gasteiger partial charge in [0.1, 0.15) is 0 Å². The highest BCUT2D eigenvalue weighted by atomic mass is 79.9. The van der Waals surface area contributed by atoms with Crippen molar-refractivity contribution in [2.45, 2.75) is 58.0 Å². The minimum Gasteiger partial charge on any atom is -0.395 e. The molecule has 1 heterocycles. The number of likely N-dealkylation sites (tertiary alicyclic amines) is 1. The fourth-order valence-electron chi connectivity index (χ4n) is 2.75. The maximum absolute atomic E-state index is 9.04. The van der Waals surface area contributed by atoms with E-state index < -0.39 is 0 Å². The molecule has 1 saturated heterocycles. The lowest BCUT2D eigenvalue weighted by Crippen LogP contribution is -2.59. The van der Waals surface area contributed by atoms with Crippen LogP contribution in [0.4, 0.5) is 0 Å². The summed E-state index contributed by atoms with van der Waals surface area (Å²) >= 11 is 0. The van der Waals surface area contributed by atoms with Gasteiger partial charge in [0.05, 0.1) is 6.61 Å². The molecule has 1 fully saturated rings. The third kappa shape index (κ3) is 2.94. The number of nitrogens with zero attached hydrogens (tertiary/aromatic N) is 1. The summed E-state index contributed by atoms with van der Waals surface area (Å²) in [4.78, 5) is 2.45. The van der Waals surface area contributed by atoms with E-state index in [9.17, 15) is 0 Å². The number of hydrogen-bond donors (Lipinski definition) is 1. The second-order valence-corrected chi connectivity index (χ2v) is 5.35. The fourth-order valence-corrected chi connectivity index (χ4v) is 2.75. The van der Waals surface area contributed by atoms with Gasteiger partial charge in [-0.25, -0.2) is 0 Å². The van der Waals surface area contributed by atoms with Crippen LogP contribution in [0.2, 0.25) is 0 Å². The third-order valence-corrected chi connectivity index (χ3v) is 3.36. The van der Waals surface area contributed by atoms with E-state index in [1.54, 1.807) is 0 Å². The first kappa shape index (κ1) is 14.4. The molecule has 0 aromatic rings. The number of hydrogen-bond acceptors (Lipinski definition) is 2. The van der Waals surface area contributed by atoms with E-state index in [4.69, 9.17) is 5.11 Å². The molecule has 0 atom stereocenters. The molecular formula is C11H24BrNO. The summed E-state index contributed by atoms with van der Waals surface area (Å²) in [5, 5.41) is 9.04. The van der Waals surface area contributed by atoms with Crippen molar-refractivity contribution >= 4 is 17.0 Å². The molecule has 0 spiro atoms. The van der Waals surface area contributed by atoms with E-state index in [2.05, 4.69) is 32.6 Å². The van der Waals surface area contributed by atoms with Crippen LogP contribution >= 0.6 is 17.0 Å². The summed E-state index contributed by atoms with van der Waals surface area (Å²) in [5.74, 6) is 0. The molecule has 2 nitrogen and oxygen atoms in total. The maximum Gasteiger partial charge on any atom is 0.0558 e. The smallest absolute Gasteiger partial charge is 0.0558 e. The van der Waals surface area contributed by atoms with Crippen molar-refractivity contribution in [2.24, 2.45) is 0 Å². The van der Waals surface area contributed by atoms with Gasteiger partial charge in [-0.2, -0.15) is 0 Å². The maximum atomic E-state index is 9.04. The van der Waals surface area contributed by atoms with Crippen LogP contribution in [0.5, 0.6) is 0 Å². The van der Waals surface area contributed by atoms with Gasteiger partial charge in [0.25, 0.3) is 0 Å².